The molecule has 0 bridgehead atoms. The molecule has 6 nitrogen and oxygen atoms in total. The van der Waals surface area contributed by atoms with Gasteiger partial charge in [0.1, 0.15) is 11.7 Å². The van der Waals surface area contributed by atoms with Gasteiger partial charge in [0.05, 0.1) is 18.6 Å². The summed E-state index contributed by atoms with van der Waals surface area (Å²) >= 11 is 0. The van der Waals surface area contributed by atoms with E-state index in [-0.39, 0.29) is 16.7 Å². The number of amides is 2. The van der Waals surface area contributed by atoms with Crippen molar-refractivity contribution in [1.29, 1.82) is 0 Å². The number of halogens is 2. The predicted molar refractivity (Wildman–Crippen MR) is 132 cm³/mol. The van der Waals surface area contributed by atoms with Crippen molar-refractivity contribution in [2.45, 2.75) is 123 Å². The molecule has 1 heterocycles. The largest absolute Gasteiger partial charge is 0.443 e. The highest BCUT2D eigenvalue weighted by molar-refractivity contribution is 6.74. The van der Waals surface area contributed by atoms with E-state index in [2.05, 4.69) is 0 Å². The van der Waals surface area contributed by atoms with Crippen LogP contribution in [0.15, 0.2) is 0 Å². The maximum absolute atomic E-state index is 14.5. The monoisotopic (exact) mass is 509 g/mol. The maximum Gasteiger partial charge on any atom is 0.417 e. The van der Waals surface area contributed by atoms with Gasteiger partial charge in [-0.25, -0.2) is 18.5 Å². The highest BCUT2D eigenvalue weighted by Gasteiger charge is 2.58. The van der Waals surface area contributed by atoms with Crippen molar-refractivity contribution < 1.29 is 32.0 Å². The topological polar surface area (TPSA) is 65.1 Å². The van der Waals surface area contributed by atoms with Gasteiger partial charge in [0.15, 0.2) is 16.6 Å². The lowest BCUT2D eigenvalue weighted by atomic mass is 9.99. The van der Waals surface area contributed by atoms with Gasteiger partial charge in [0.25, 0.3) is 5.91 Å². The summed E-state index contributed by atoms with van der Waals surface area (Å²) in [6.45, 7) is 24.7. The molecule has 0 aromatic rings. The Hall–Kier alpha value is -0.846. The Kier molecular flexibility index (Phi) is 8.84. The number of rotatable bonds is 6. The van der Waals surface area contributed by atoms with E-state index in [0.29, 0.717) is 0 Å². The Morgan fingerprint density at radius 3 is 1.76 bits per heavy atom. The molecule has 0 N–H and O–H groups in total. The summed E-state index contributed by atoms with van der Waals surface area (Å²) in [5, 5.41) is -0.462. The van der Waals surface area contributed by atoms with E-state index in [9.17, 15) is 18.4 Å². The molecule has 33 heavy (non-hydrogen) atoms. The normalized spacial score (nSPS) is 23.5. The van der Waals surface area contributed by atoms with Gasteiger partial charge in [0.2, 0.25) is 6.43 Å². The van der Waals surface area contributed by atoms with Gasteiger partial charge in [-0.05, 0) is 57.0 Å². The van der Waals surface area contributed by atoms with E-state index >= 15 is 0 Å². The lowest BCUT2D eigenvalue weighted by molar-refractivity contribution is -0.135. The molecule has 0 aromatic heterocycles. The van der Waals surface area contributed by atoms with E-state index in [1.807, 2.05) is 67.7 Å². The molecule has 2 amide bonds. The maximum atomic E-state index is 14.5. The van der Waals surface area contributed by atoms with Crippen LogP contribution in [0.25, 0.3) is 0 Å². The second kappa shape index (κ2) is 9.66. The molecule has 10 heteroatoms. The van der Waals surface area contributed by atoms with Gasteiger partial charge in [-0.3, -0.25) is 4.79 Å². The standard InChI is InChI=1S/C23H45F2NO5Si2/c1-21(2,3)30-20(28)26-15(14-29-32(10,11)22(4,5)6)16(18(24)25)17(19(26)27)31-33(12,13)23(7,8)9/h15-18H,14H2,1-13H3/t15-,16-,17-/m1/s1. The van der Waals surface area contributed by atoms with E-state index in [0.717, 1.165) is 4.90 Å². The van der Waals surface area contributed by atoms with Crippen LogP contribution < -0.4 is 0 Å². The van der Waals surface area contributed by atoms with Crippen molar-refractivity contribution in [3.8, 4) is 0 Å². The minimum atomic E-state index is -2.87. The Bertz CT molecular complexity index is 724. The quantitative estimate of drug-likeness (QED) is 0.386. The van der Waals surface area contributed by atoms with Crippen LogP contribution in [-0.4, -0.2) is 64.3 Å². The number of ether oxygens (including phenoxy) is 1. The molecule has 1 aliphatic heterocycles. The van der Waals surface area contributed by atoms with Crippen molar-refractivity contribution in [3.05, 3.63) is 0 Å². The fourth-order valence-corrected chi connectivity index (χ4v) is 5.26. The van der Waals surface area contributed by atoms with Gasteiger partial charge in [-0.2, -0.15) is 0 Å². The van der Waals surface area contributed by atoms with E-state index in [1.54, 1.807) is 20.8 Å². The SMILES string of the molecule is CC(C)(C)OC(=O)N1C(=O)[C@H](O[Si](C)(C)C(C)(C)C)[C@H](C(F)F)[C@H]1CO[Si](C)(C)C(C)(C)C. The highest BCUT2D eigenvalue weighted by atomic mass is 28.4. The summed E-state index contributed by atoms with van der Waals surface area (Å²) in [4.78, 5) is 27.3. The molecule has 0 aromatic carbocycles. The zero-order valence-electron chi connectivity index (χ0n) is 22.8. The first-order valence-electron chi connectivity index (χ1n) is 11.6. The van der Waals surface area contributed by atoms with Crippen molar-refractivity contribution in [2.24, 2.45) is 5.92 Å². The molecule has 1 rings (SSSR count). The Morgan fingerprint density at radius 2 is 1.39 bits per heavy atom. The highest BCUT2D eigenvalue weighted by Crippen LogP contribution is 2.43. The number of imide groups is 1. The first-order chi connectivity index (χ1) is 14.4. The van der Waals surface area contributed by atoms with Crippen LogP contribution in [0.4, 0.5) is 13.6 Å². The van der Waals surface area contributed by atoms with Crippen molar-refractivity contribution in [3.63, 3.8) is 0 Å². The van der Waals surface area contributed by atoms with Crippen molar-refractivity contribution in [2.75, 3.05) is 6.61 Å². The summed E-state index contributed by atoms with van der Waals surface area (Å²) in [5.41, 5.74) is -0.888. The number of carbonyl (C=O) groups excluding carboxylic acids is 2. The first kappa shape index (κ1) is 30.2. The third-order valence-electron chi connectivity index (χ3n) is 7.14. The molecule has 0 saturated carbocycles. The molecular formula is C23H45F2NO5Si2. The smallest absolute Gasteiger partial charge is 0.417 e. The van der Waals surface area contributed by atoms with Gasteiger partial charge in [-0.1, -0.05) is 41.5 Å². The number of hydrogen-bond donors (Lipinski definition) is 0. The summed E-state index contributed by atoms with van der Waals surface area (Å²) in [7, 11) is -4.93. The fraction of sp³-hybridized carbons (Fsp3) is 0.913. The van der Waals surface area contributed by atoms with Gasteiger partial charge >= 0.3 is 6.09 Å². The summed E-state index contributed by atoms with van der Waals surface area (Å²) < 4.78 is 46.8. The Morgan fingerprint density at radius 1 is 0.939 bits per heavy atom. The number of likely N-dealkylation sites (tertiary alicyclic amines) is 1. The van der Waals surface area contributed by atoms with Crippen molar-refractivity contribution in [1.82, 2.24) is 4.90 Å². The number of alkyl halides is 2. The zero-order valence-corrected chi connectivity index (χ0v) is 24.8. The third-order valence-corrected chi connectivity index (χ3v) is 16.1. The van der Waals surface area contributed by atoms with Crippen LogP contribution in [0.1, 0.15) is 62.3 Å². The summed E-state index contributed by atoms with van der Waals surface area (Å²) in [5.74, 6) is -2.27. The molecule has 0 unspecified atom stereocenters. The minimum absolute atomic E-state index is 0.163. The number of carbonyl (C=O) groups is 2. The molecule has 0 radical (unpaired) electrons. The average molecular weight is 510 g/mol. The lowest BCUT2D eigenvalue weighted by Crippen LogP contribution is -2.50. The number of nitrogens with zero attached hydrogens (tertiary/aromatic N) is 1. The molecule has 0 aliphatic carbocycles. The molecule has 1 aliphatic rings. The molecular weight excluding hydrogens is 464 g/mol. The van der Waals surface area contributed by atoms with E-state index < -0.39 is 58.7 Å². The molecule has 1 fully saturated rings. The van der Waals surface area contributed by atoms with Crippen LogP contribution >= 0.6 is 0 Å². The third kappa shape index (κ3) is 7.08. The number of hydrogen-bond acceptors (Lipinski definition) is 5. The zero-order chi connectivity index (χ0) is 26.4. The summed E-state index contributed by atoms with van der Waals surface area (Å²) in [6, 6.07) is -1.17. The molecule has 0 spiro atoms. The van der Waals surface area contributed by atoms with E-state index in [1.165, 1.54) is 0 Å². The van der Waals surface area contributed by atoms with Crippen LogP contribution in [0.3, 0.4) is 0 Å². The van der Waals surface area contributed by atoms with Crippen molar-refractivity contribution >= 4 is 28.6 Å². The minimum Gasteiger partial charge on any atom is -0.443 e. The van der Waals surface area contributed by atoms with Crippen LogP contribution in [0.5, 0.6) is 0 Å². The van der Waals surface area contributed by atoms with Gasteiger partial charge < -0.3 is 13.6 Å². The second-order valence-electron chi connectivity index (χ2n) is 13.0. The van der Waals surface area contributed by atoms with Gasteiger partial charge in [-0.15, -0.1) is 0 Å². The van der Waals surface area contributed by atoms with E-state index in [4.69, 9.17) is 13.6 Å². The second-order valence-corrected chi connectivity index (χ2v) is 22.6. The van der Waals surface area contributed by atoms with Gasteiger partial charge in [0, 0.05) is 0 Å². The summed E-state index contributed by atoms with van der Waals surface area (Å²) in [6.07, 6.45) is -5.24. The lowest BCUT2D eigenvalue weighted by Gasteiger charge is -2.39. The molecule has 3 atom stereocenters. The molecule has 1 saturated heterocycles. The van der Waals surface area contributed by atoms with Crippen LogP contribution in [0, 0.1) is 5.92 Å². The first-order valence-corrected chi connectivity index (χ1v) is 17.4. The Labute approximate surface area is 201 Å². The fourth-order valence-electron chi connectivity index (χ4n) is 2.99. The van der Waals surface area contributed by atoms with Crippen LogP contribution in [-0.2, 0) is 18.4 Å². The Balaban J connectivity index is 3.46. The molecule has 194 valence electrons. The van der Waals surface area contributed by atoms with Crippen LogP contribution in [0.2, 0.25) is 36.3 Å². The average Bonchev–Trinajstić information content (AvgIpc) is 2.81. The predicted octanol–water partition coefficient (Wildman–Crippen LogP) is 6.43.